The number of rotatable bonds is 6. The molecule has 2 atom stereocenters. The van der Waals surface area contributed by atoms with Crippen molar-refractivity contribution in [2.75, 3.05) is 7.05 Å². The van der Waals surface area contributed by atoms with Crippen molar-refractivity contribution in [2.45, 2.75) is 31.7 Å². The summed E-state index contributed by atoms with van der Waals surface area (Å²) < 4.78 is 1.60. The maximum atomic E-state index is 13.5. The Labute approximate surface area is 198 Å². The minimum absolute atomic E-state index is 0.168. The quantitative estimate of drug-likeness (QED) is 0.360. The van der Waals surface area contributed by atoms with Gasteiger partial charge in [0.1, 0.15) is 11.2 Å². The third-order valence-corrected chi connectivity index (χ3v) is 6.45. The Balaban J connectivity index is 1.81. The highest BCUT2D eigenvalue weighted by molar-refractivity contribution is 6.30. The first kappa shape index (κ1) is 22.7. The van der Waals surface area contributed by atoms with Crippen LogP contribution in [-0.2, 0) is 11.2 Å². The molecule has 5 nitrogen and oxygen atoms in total. The highest BCUT2D eigenvalue weighted by atomic mass is 35.5. The number of hydrogen-bond donors (Lipinski definition) is 0. The number of likely N-dealkylation sites (N-methyl/N-ethyl adjacent to an activating group) is 1. The SMILES string of the molecule is CCc1ccc(-n2c(C(C)N(C)C(=O)C(Cl)c3ccccc3)nc3ccccc3c2=O)cc1. The van der Waals surface area contributed by atoms with E-state index in [9.17, 15) is 9.59 Å². The second-order valence-corrected chi connectivity index (χ2v) is 8.48. The Kier molecular flexibility index (Phi) is 6.61. The standard InChI is InChI=1S/C27H26ClN3O2/c1-4-19-14-16-21(17-15-19)31-25(29-23-13-9-8-12-22(23)26(31)32)18(2)30(3)27(33)24(28)20-10-6-5-7-11-20/h5-18,24H,4H2,1-3H3. The first-order chi connectivity index (χ1) is 15.9. The van der Waals surface area contributed by atoms with Crippen LogP contribution in [0.4, 0.5) is 0 Å². The molecule has 0 radical (unpaired) electrons. The van der Waals surface area contributed by atoms with Crippen molar-refractivity contribution < 1.29 is 4.79 Å². The number of aromatic nitrogens is 2. The van der Waals surface area contributed by atoms with Crippen LogP contribution >= 0.6 is 11.6 Å². The molecule has 0 saturated carbocycles. The van der Waals surface area contributed by atoms with Gasteiger partial charge >= 0.3 is 0 Å². The fourth-order valence-corrected chi connectivity index (χ4v) is 4.17. The molecule has 1 amide bonds. The van der Waals surface area contributed by atoms with Crippen molar-refractivity contribution in [1.29, 1.82) is 0 Å². The van der Waals surface area contributed by atoms with Crippen molar-refractivity contribution in [2.24, 2.45) is 0 Å². The molecule has 33 heavy (non-hydrogen) atoms. The zero-order valence-electron chi connectivity index (χ0n) is 18.9. The zero-order chi connectivity index (χ0) is 23.5. The van der Waals surface area contributed by atoms with Gasteiger partial charge in [0, 0.05) is 7.05 Å². The molecule has 0 aliphatic carbocycles. The lowest BCUT2D eigenvalue weighted by molar-refractivity contribution is -0.131. The number of halogens is 1. The van der Waals surface area contributed by atoms with E-state index in [2.05, 4.69) is 6.92 Å². The number of hydrogen-bond acceptors (Lipinski definition) is 3. The smallest absolute Gasteiger partial charge is 0.266 e. The Morgan fingerprint density at radius 3 is 2.30 bits per heavy atom. The second kappa shape index (κ2) is 9.59. The first-order valence-electron chi connectivity index (χ1n) is 11.0. The molecule has 6 heteroatoms. The summed E-state index contributed by atoms with van der Waals surface area (Å²) in [5, 5.41) is -0.301. The zero-order valence-corrected chi connectivity index (χ0v) is 19.7. The van der Waals surface area contributed by atoms with Gasteiger partial charge in [-0.3, -0.25) is 14.2 Å². The molecular formula is C27H26ClN3O2. The van der Waals surface area contributed by atoms with E-state index in [4.69, 9.17) is 16.6 Å². The number of aryl methyl sites for hydroxylation is 1. The average Bonchev–Trinajstić information content (AvgIpc) is 2.87. The topological polar surface area (TPSA) is 55.2 Å². The van der Waals surface area contributed by atoms with Gasteiger partial charge in [0.15, 0.2) is 0 Å². The fraction of sp³-hybridized carbons (Fsp3) is 0.222. The molecule has 168 valence electrons. The molecule has 0 aliphatic rings. The molecule has 0 fully saturated rings. The van der Waals surface area contributed by atoms with Crippen molar-refractivity contribution in [1.82, 2.24) is 14.5 Å². The second-order valence-electron chi connectivity index (χ2n) is 8.05. The van der Waals surface area contributed by atoms with Crippen LogP contribution in [0.15, 0.2) is 83.7 Å². The molecule has 1 heterocycles. The summed E-state index contributed by atoms with van der Waals surface area (Å²) in [6, 6.07) is 23.9. The van der Waals surface area contributed by atoms with Crippen LogP contribution in [0.3, 0.4) is 0 Å². The maximum absolute atomic E-state index is 13.5. The van der Waals surface area contributed by atoms with E-state index < -0.39 is 11.4 Å². The van der Waals surface area contributed by atoms with E-state index in [0.29, 0.717) is 22.4 Å². The highest BCUT2D eigenvalue weighted by Crippen LogP contribution is 2.28. The first-order valence-corrected chi connectivity index (χ1v) is 11.4. The lowest BCUT2D eigenvalue weighted by atomic mass is 10.1. The van der Waals surface area contributed by atoms with E-state index in [-0.39, 0.29) is 11.5 Å². The molecule has 0 bridgehead atoms. The van der Waals surface area contributed by atoms with E-state index >= 15 is 0 Å². The van der Waals surface area contributed by atoms with Gasteiger partial charge in [0.2, 0.25) is 5.91 Å². The van der Waals surface area contributed by atoms with E-state index in [0.717, 1.165) is 12.0 Å². The average molecular weight is 460 g/mol. The molecule has 0 aliphatic heterocycles. The van der Waals surface area contributed by atoms with Crippen LogP contribution in [-0.4, -0.2) is 27.4 Å². The number of amides is 1. The largest absolute Gasteiger partial charge is 0.334 e. The monoisotopic (exact) mass is 459 g/mol. The summed E-state index contributed by atoms with van der Waals surface area (Å²) >= 11 is 6.52. The lowest BCUT2D eigenvalue weighted by Crippen LogP contribution is -2.36. The highest BCUT2D eigenvalue weighted by Gasteiger charge is 2.28. The van der Waals surface area contributed by atoms with Crippen molar-refractivity contribution in [3.8, 4) is 5.69 Å². The summed E-state index contributed by atoms with van der Waals surface area (Å²) in [4.78, 5) is 33.1. The normalized spacial score (nSPS) is 13.0. The summed E-state index contributed by atoms with van der Waals surface area (Å²) in [6.07, 6.45) is 0.905. The van der Waals surface area contributed by atoms with Gasteiger partial charge < -0.3 is 4.90 Å². The Bertz CT molecular complexity index is 1330. The maximum Gasteiger partial charge on any atom is 0.266 e. The van der Waals surface area contributed by atoms with Gasteiger partial charge in [-0.15, -0.1) is 11.6 Å². The molecule has 0 N–H and O–H groups in total. The number of nitrogens with zero attached hydrogens (tertiary/aromatic N) is 3. The third-order valence-electron chi connectivity index (χ3n) is 6.02. The van der Waals surface area contributed by atoms with Gasteiger partial charge in [-0.25, -0.2) is 4.98 Å². The minimum Gasteiger partial charge on any atom is -0.334 e. The molecular weight excluding hydrogens is 434 g/mol. The Morgan fingerprint density at radius 2 is 1.64 bits per heavy atom. The molecule has 3 aromatic carbocycles. The van der Waals surface area contributed by atoms with Crippen molar-refractivity contribution in [3.05, 3.63) is 106 Å². The molecule has 0 saturated heterocycles. The third kappa shape index (κ3) is 4.41. The number of fused-ring (bicyclic) bond motifs is 1. The molecule has 2 unspecified atom stereocenters. The molecule has 0 spiro atoms. The number of carbonyl (C=O) groups excluding carboxylic acids is 1. The van der Waals surface area contributed by atoms with Crippen LogP contribution in [0.25, 0.3) is 16.6 Å². The number of alkyl halides is 1. The fourth-order valence-electron chi connectivity index (χ4n) is 3.87. The van der Waals surface area contributed by atoms with E-state index in [1.165, 1.54) is 5.56 Å². The van der Waals surface area contributed by atoms with Gasteiger partial charge in [-0.05, 0) is 48.7 Å². The summed E-state index contributed by atoms with van der Waals surface area (Å²) in [7, 11) is 1.69. The van der Waals surface area contributed by atoms with Crippen molar-refractivity contribution in [3.63, 3.8) is 0 Å². The predicted molar refractivity (Wildman–Crippen MR) is 133 cm³/mol. The summed E-state index contributed by atoms with van der Waals surface area (Å²) in [5.74, 6) is 0.224. The number of carbonyl (C=O) groups is 1. The van der Waals surface area contributed by atoms with Crippen molar-refractivity contribution >= 4 is 28.4 Å². The van der Waals surface area contributed by atoms with Gasteiger partial charge in [0.25, 0.3) is 5.56 Å². The van der Waals surface area contributed by atoms with Gasteiger partial charge in [0.05, 0.1) is 22.6 Å². The number of benzene rings is 3. The Hall–Kier alpha value is -3.44. The van der Waals surface area contributed by atoms with Gasteiger partial charge in [-0.1, -0.05) is 61.5 Å². The minimum atomic E-state index is -0.830. The Morgan fingerprint density at radius 1 is 1.00 bits per heavy atom. The van der Waals surface area contributed by atoms with Gasteiger partial charge in [-0.2, -0.15) is 0 Å². The van der Waals surface area contributed by atoms with Crippen LogP contribution in [0, 0.1) is 0 Å². The summed E-state index contributed by atoms with van der Waals surface area (Å²) in [5.41, 5.74) is 3.04. The van der Waals surface area contributed by atoms with Crippen LogP contribution in [0.5, 0.6) is 0 Å². The van der Waals surface area contributed by atoms with Crippen LogP contribution in [0.1, 0.15) is 42.2 Å². The number of para-hydroxylation sites is 1. The van der Waals surface area contributed by atoms with E-state index in [1.54, 1.807) is 22.6 Å². The summed E-state index contributed by atoms with van der Waals surface area (Å²) in [6.45, 7) is 3.95. The van der Waals surface area contributed by atoms with E-state index in [1.807, 2.05) is 79.7 Å². The molecule has 4 aromatic rings. The van der Waals surface area contributed by atoms with Crippen LogP contribution in [0.2, 0.25) is 0 Å². The molecule has 1 aromatic heterocycles. The molecule has 4 rings (SSSR count). The van der Waals surface area contributed by atoms with Crippen LogP contribution < -0.4 is 5.56 Å². The predicted octanol–water partition coefficient (Wildman–Crippen LogP) is 5.45. The lowest BCUT2D eigenvalue weighted by Gasteiger charge is -2.28.